The summed E-state index contributed by atoms with van der Waals surface area (Å²) < 4.78 is 13.6. The van der Waals surface area contributed by atoms with Crippen LogP contribution in [0.4, 0.5) is 4.39 Å². The maximum atomic E-state index is 13.6. The van der Waals surface area contributed by atoms with Crippen molar-refractivity contribution >= 4 is 22.9 Å². The molecule has 0 aliphatic carbocycles. The van der Waals surface area contributed by atoms with E-state index in [1.165, 1.54) is 21.4 Å². The quantitative estimate of drug-likeness (QED) is 0.850. The number of halogens is 2. The van der Waals surface area contributed by atoms with Crippen molar-refractivity contribution in [1.29, 1.82) is 0 Å². The van der Waals surface area contributed by atoms with Gasteiger partial charge < -0.3 is 5.32 Å². The van der Waals surface area contributed by atoms with Gasteiger partial charge in [0, 0.05) is 9.75 Å². The minimum absolute atomic E-state index is 0.0236. The van der Waals surface area contributed by atoms with Gasteiger partial charge in [-0.3, -0.25) is 0 Å². The van der Waals surface area contributed by atoms with E-state index in [9.17, 15) is 4.39 Å². The largest absolute Gasteiger partial charge is 0.306 e. The standard InChI is InChI=1S/C15H17ClFNS/c1-4-18-14(15-9(2)7-10(3)19-15)11-5-6-12(16)13(17)8-11/h5-8,14,18H,4H2,1-3H3. The lowest BCUT2D eigenvalue weighted by atomic mass is 10.0. The minimum atomic E-state index is -0.368. The zero-order chi connectivity index (χ0) is 14.0. The molecule has 19 heavy (non-hydrogen) atoms. The number of nitrogens with one attached hydrogen (secondary N) is 1. The molecule has 0 aliphatic rings. The van der Waals surface area contributed by atoms with Gasteiger partial charge in [0.15, 0.2) is 0 Å². The molecule has 102 valence electrons. The van der Waals surface area contributed by atoms with E-state index in [0.29, 0.717) is 0 Å². The first-order valence-corrected chi connectivity index (χ1v) is 7.47. The average Bonchev–Trinajstić information content (AvgIpc) is 2.69. The van der Waals surface area contributed by atoms with Crippen molar-refractivity contribution < 1.29 is 4.39 Å². The third-order valence-corrected chi connectivity index (χ3v) is 4.55. The fourth-order valence-electron chi connectivity index (χ4n) is 2.20. The number of aryl methyl sites for hydroxylation is 2. The van der Waals surface area contributed by atoms with Crippen molar-refractivity contribution in [1.82, 2.24) is 5.32 Å². The molecule has 0 amide bonds. The van der Waals surface area contributed by atoms with Crippen LogP contribution in [0.15, 0.2) is 24.3 Å². The van der Waals surface area contributed by atoms with E-state index in [0.717, 1.165) is 12.1 Å². The Morgan fingerprint density at radius 3 is 2.58 bits per heavy atom. The summed E-state index contributed by atoms with van der Waals surface area (Å²) in [5, 5.41) is 3.58. The normalized spacial score (nSPS) is 12.7. The van der Waals surface area contributed by atoms with Gasteiger partial charge in [0.1, 0.15) is 5.82 Å². The molecule has 0 spiro atoms. The Morgan fingerprint density at radius 1 is 1.32 bits per heavy atom. The number of rotatable bonds is 4. The van der Waals surface area contributed by atoms with Gasteiger partial charge in [-0.25, -0.2) is 4.39 Å². The van der Waals surface area contributed by atoms with Crippen molar-refractivity contribution in [2.24, 2.45) is 0 Å². The summed E-state index contributed by atoms with van der Waals surface area (Å²) in [5.41, 5.74) is 2.15. The molecule has 1 atom stereocenters. The molecule has 1 nitrogen and oxygen atoms in total. The highest BCUT2D eigenvalue weighted by atomic mass is 35.5. The molecule has 0 radical (unpaired) electrons. The second-order valence-corrected chi connectivity index (χ2v) is 6.26. The first-order valence-electron chi connectivity index (χ1n) is 6.28. The highest BCUT2D eigenvalue weighted by Gasteiger charge is 2.18. The molecule has 1 aromatic carbocycles. The van der Waals surface area contributed by atoms with Gasteiger partial charge in [-0.15, -0.1) is 11.3 Å². The summed E-state index contributed by atoms with van der Waals surface area (Å²) in [6, 6.07) is 7.20. The fourth-order valence-corrected chi connectivity index (χ4v) is 3.46. The van der Waals surface area contributed by atoms with E-state index in [-0.39, 0.29) is 16.9 Å². The minimum Gasteiger partial charge on any atom is -0.306 e. The van der Waals surface area contributed by atoms with E-state index in [1.807, 2.05) is 6.07 Å². The Balaban J connectivity index is 2.44. The van der Waals surface area contributed by atoms with Crippen LogP contribution in [0.1, 0.15) is 33.8 Å². The molecule has 1 N–H and O–H groups in total. The molecule has 1 aromatic heterocycles. The van der Waals surface area contributed by atoms with Gasteiger partial charge in [0.05, 0.1) is 11.1 Å². The van der Waals surface area contributed by atoms with Crippen LogP contribution in [0, 0.1) is 19.7 Å². The van der Waals surface area contributed by atoms with Crippen molar-refractivity contribution in [3.8, 4) is 0 Å². The summed E-state index contributed by atoms with van der Waals surface area (Å²) in [4.78, 5) is 2.51. The fraction of sp³-hybridized carbons (Fsp3) is 0.333. The average molecular weight is 298 g/mol. The van der Waals surface area contributed by atoms with Crippen molar-refractivity contribution in [2.45, 2.75) is 26.8 Å². The van der Waals surface area contributed by atoms with Crippen LogP contribution in [-0.2, 0) is 0 Å². The highest BCUT2D eigenvalue weighted by molar-refractivity contribution is 7.12. The zero-order valence-corrected chi connectivity index (χ0v) is 12.8. The van der Waals surface area contributed by atoms with E-state index in [4.69, 9.17) is 11.6 Å². The third-order valence-electron chi connectivity index (χ3n) is 3.03. The van der Waals surface area contributed by atoms with E-state index < -0.39 is 0 Å². The Bertz CT molecular complexity index is 580. The van der Waals surface area contributed by atoms with Crippen LogP contribution < -0.4 is 5.32 Å². The van der Waals surface area contributed by atoms with Gasteiger partial charge in [0.25, 0.3) is 0 Å². The molecule has 2 aromatic rings. The summed E-state index contributed by atoms with van der Waals surface area (Å²) in [7, 11) is 0. The van der Waals surface area contributed by atoms with Crippen molar-refractivity contribution in [3.05, 3.63) is 56.0 Å². The summed E-state index contributed by atoms with van der Waals surface area (Å²) in [6.45, 7) is 7.06. The molecule has 0 fully saturated rings. The van der Waals surface area contributed by atoms with Crippen LogP contribution in [0.5, 0.6) is 0 Å². The van der Waals surface area contributed by atoms with Crippen LogP contribution in [0.2, 0.25) is 5.02 Å². The monoisotopic (exact) mass is 297 g/mol. The number of hydrogen-bond donors (Lipinski definition) is 1. The van der Waals surface area contributed by atoms with Crippen molar-refractivity contribution in [3.63, 3.8) is 0 Å². The maximum absolute atomic E-state index is 13.6. The number of thiophene rings is 1. The first-order chi connectivity index (χ1) is 9.02. The number of benzene rings is 1. The van der Waals surface area contributed by atoms with E-state index in [1.54, 1.807) is 17.4 Å². The third kappa shape index (κ3) is 3.16. The summed E-state index contributed by atoms with van der Waals surface area (Å²) >= 11 is 7.50. The van der Waals surface area contributed by atoms with Crippen LogP contribution in [-0.4, -0.2) is 6.54 Å². The van der Waals surface area contributed by atoms with Gasteiger partial charge >= 0.3 is 0 Å². The molecule has 1 heterocycles. The second-order valence-electron chi connectivity index (χ2n) is 4.57. The molecule has 2 rings (SSSR count). The first kappa shape index (κ1) is 14.5. The molecular formula is C15H17ClFNS. The molecule has 4 heteroatoms. The van der Waals surface area contributed by atoms with Gasteiger partial charge in [-0.2, -0.15) is 0 Å². The molecule has 0 bridgehead atoms. The van der Waals surface area contributed by atoms with Crippen LogP contribution in [0.3, 0.4) is 0 Å². The van der Waals surface area contributed by atoms with Gasteiger partial charge in [-0.05, 0) is 49.7 Å². The second kappa shape index (κ2) is 6.04. The Kier molecular flexibility index (Phi) is 4.61. The topological polar surface area (TPSA) is 12.0 Å². The lowest BCUT2D eigenvalue weighted by molar-refractivity contribution is 0.606. The van der Waals surface area contributed by atoms with Crippen molar-refractivity contribution in [2.75, 3.05) is 6.54 Å². The molecular weight excluding hydrogens is 281 g/mol. The predicted molar refractivity (Wildman–Crippen MR) is 80.7 cm³/mol. The lowest BCUT2D eigenvalue weighted by Crippen LogP contribution is -2.21. The lowest BCUT2D eigenvalue weighted by Gasteiger charge is -2.18. The van der Waals surface area contributed by atoms with Crippen LogP contribution in [0.25, 0.3) is 0 Å². The Morgan fingerprint density at radius 2 is 2.05 bits per heavy atom. The maximum Gasteiger partial charge on any atom is 0.142 e. The molecule has 0 saturated carbocycles. The van der Waals surface area contributed by atoms with E-state index in [2.05, 4.69) is 32.2 Å². The van der Waals surface area contributed by atoms with Crippen LogP contribution >= 0.6 is 22.9 Å². The predicted octanol–water partition coefficient (Wildman–Crippen LogP) is 4.86. The zero-order valence-electron chi connectivity index (χ0n) is 11.3. The SMILES string of the molecule is CCNC(c1ccc(Cl)c(F)c1)c1sc(C)cc1C. The molecule has 0 aliphatic heterocycles. The van der Waals surface area contributed by atoms with Gasteiger partial charge in [0.2, 0.25) is 0 Å². The van der Waals surface area contributed by atoms with E-state index >= 15 is 0 Å². The van der Waals surface area contributed by atoms with Gasteiger partial charge in [-0.1, -0.05) is 24.6 Å². The number of hydrogen-bond acceptors (Lipinski definition) is 2. The Labute approximate surface area is 122 Å². The highest BCUT2D eigenvalue weighted by Crippen LogP contribution is 2.33. The summed E-state index contributed by atoms with van der Waals surface area (Å²) in [6.07, 6.45) is 0. The smallest absolute Gasteiger partial charge is 0.142 e. The molecule has 0 saturated heterocycles. The molecule has 1 unspecified atom stereocenters. The Hall–Kier alpha value is -0.900. The summed E-state index contributed by atoms with van der Waals surface area (Å²) in [5.74, 6) is -0.368.